The number of piperidine rings is 1. The van der Waals surface area contributed by atoms with E-state index in [0.29, 0.717) is 55.7 Å². The number of hydrogen-bond acceptors (Lipinski definition) is 5. The molecular formula is C20H25N3O4. The van der Waals surface area contributed by atoms with E-state index in [1.165, 1.54) is 4.57 Å². The average Bonchev–Trinajstić information content (AvgIpc) is 2.70. The van der Waals surface area contributed by atoms with Crippen molar-refractivity contribution in [2.45, 2.75) is 39.7 Å². The quantitative estimate of drug-likeness (QED) is 0.748. The second kappa shape index (κ2) is 8.33. The zero-order chi connectivity index (χ0) is 19.4. The van der Waals surface area contributed by atoms with Gasteiger partial charge in [-0.25, -0.2) is 4.98 Å². The molecule has 2 aromatic rings. The van der Waals surface area contributed by atoms with Crippen LogP contribution in [-0.4, -0.2) is 46.0 Å². The van der Waals surface area contributed by atoms with Gasteiger partial charge < -0.3 is 9.64 Å². The number of nitrogens with zero attached hydrogens (tertiary/aromatic N) is 3. The molecule has 3 rings (SSSR count). The molecule has 7 heteroatoms. The van der Waals surface area contributed by atoms with Crippen molar-refractivity contribution in [3.8, 4) is 0 Å². The third-order valence-corrected chi connectivity index (χ3v) is 5.02. The number of amides is 1. The summed E-state index contributed by atoms with van der Waals surface area (Å²) in [6.07, 6.45) is 1.75. The lowest BCUT2D eigenvalue weighted by atomic mass is 9.97. The Bertz CT molecular complexity index is 898. The topological polar surface area (TPSA) is 81.5 Å². The number of benzene rings is 1. The third-order valence-electron chi connectivity index (χ3n) is 5.02. The van der Waals surface area contributed by atoms with E-state index in [0.717, 1.165) is 0 Å². The summed E-state index contributed by atoms with van der Waals surface area (Å²) in [6.45, 7) is 5.05. The molecule has 0 atom stereocenters. The van der Waals surface area contributed by atoms with E-state index in [1.807, 2.05) is 19.1 Å². The van der Waals surface area contributed by atoms with Gasteiger partial charge in [0.05, 0.1) is 23.4 Å². The number of rotatable bonds is 5. The van der Waals surface area contributed by atoms with Gasteiger partial charge in [0, 0.05) is 19.5 Å². The maximum absolute atomic E-state index is 12.8. The van der Waals surface area contributed by atoms with Gasteiger partial charge in [0.25, 0.3) is 5.56 Å². The van der Waals surface area contributed by atoms with Crippen LogP contribution in [-0.2, 0) is 27.3 Å². The van der Waals surface area contributed by atoms with Crippen LogP contribution in [0.5, 0.6) is 0 Å². The minimum absolute atomic E-state index is 0.0239. The van der Waals surface area contributed by atoms with Crippen LogP contribution in [0.1, 0.15) is 32.5 Å². The highest BCUT2D eigenvalue weighted by atomic mass is 16.5. The molecule has 0 unspecified atom stereocenters. The molecule has 0 bridgehead atoms. The standard InChI is InChI=1S/C20H25N3O4/c1-3-17-21-16-8-6-5-7-15(16)19(25)23(17)13-18(24)22-11-9-14(10-12-22)20(26)27-4-2/h5-8,14H,3-4,9-13H2,1-2H3. The van der Waals surface area contributed by atoms with Gasteiger partial charge >= 0.3 is 5.97 Å². The molecule has 144 valence electrons. The molecule has 0 aliphatic carbocycles. The summed E-state index contributed by atoms with van der Waals surface area (Å²) in [4.78, 5) is 43.7. The van der Waals surface area contributed by atoms with E-state index in [9.17, 15) is 14.4 Å². The summed E-state index contributed by atoms with van der Waals surface area (Å²) in [6, 6.07) is 7.18. The third kappa shape index (κ3) is 4.02. The number of para-hydroxylation sites is 1. The van der Waals surface area contributed by atoms with Crippen LogP contribution in [0.2, 0.25) is 0 Å². The molecule has 1 aliphatic rings. The first kappa shape index (κ1) is 19.1. The Balaban J connectivity index is 1.74. The van der Waals surface area contributed by atoms with Crippen LogP contribution < -0.4 is 5.56 Å². The zero-order valence-corrected chi connectivity index (χ0v) is 15.8. The Morgan fingerprint density at radius 2 is 1.89 bits per heavy atom. The van der Waals surface area contributed by atoms with E-state index >= 15 is 0 Å². The van der Waals surface area contributed by atoms with E-state index in [4.69, 9.17) is 4.74 Å². The Morgan fingerprint density at radius 3 is 2.56 bits per heavy atom. The molecule has 1 aromatic carbocycles. The average molecular weight is 371 g/mol. The normalized spacial score (nSPS) is 15.1. The lowest BCUT2D eigenvalue weighted by molar-refractivity contribution is -0.151. The Hall–Kier alpha value is -2.70. The molecule has 0 saturated carbocycles. The molecule has 2 heterocycles. The predicted molar refractivity (Wildman–Crippen MR) is 101 cm³/mol. The second-order valence-corrected chi connectivity index (χ2v) is 6.70. The summed E-state index contributed by atoms with van der Waals surface area (Å²) >= 11 is 0. The fourth-order valence-corrected chi connectivity index (χ4v) is 3.51. The van der Waals surface area contributed by atoms with Gasteiger partial charge in [-0.3, -0.25) is 19.0 Å². The van der Waals surface area contributed by atoms with Crippen LogP contribution in [0.25, 0.3) is 10.9 Å². The molecule has 1 amide bonds. The summed E-state index contributed by atoms with van der Waals surface area (Å²) in [7, 11) is 0. The summed E-state index contributed by atoms with van der Waals surface area (Å²) in [5.74, 6) is 0.151. The van der Waals surface area contributed by atoms with Crippen molar-refractivity contribution in [1.82, 2.24) is 14.5 Å². The lowest BCUT2D eigenvalue weighted by Crippen LogP contribution is -2.43. The van der Waals surface area contributed by atoms with Gasteiger partial charge in [0.15, 0.2) is 0 Å². The Labute approximate surface area is 157 Å². The molecule has 1 fully saturated rings. The highest BCUT2D eigenvalue weighted by molar-refractivity contribution is 5.80. The van der Waals surface area contributed by atoms with Crippen molar-refractivity contribution in [2.75, 3.05) is 19.7 Å². The smallest absolute Gasteiger partial charge is 0.309 e. The molecule has 0 radical (unpaired) electrons. The first-order chi connectivity index (χ1) is 13.0. The van der Waals surface area contributed by atoms with Crippen molar-refractivity contribution in [3.63, 3.8) is 0 Å². The number of aromatic nitrogens is 2. The summed E-state index contributed by atoms with van der Waals surface area (Å²) < 4.78 is 6.54. The van der Waals surface area contributed by atoms with Gasteiger partial charge in [-0.15, -0.1) is 0 Å². The molecule has 7 nitrogen and oxygen atoms in total. The fourth-order valence-electron chi connectivity index (χ4n) is 3.51. The van der Waals surface area contributed by atoms with Gasteiger partial charge in [-0.1, -0.05) is 19.1 Å². The van der Waals surface area contributed by atoms with Crippen LogP contribution in [0.15, 0.2) is 29.1 Å². The first-order valence-corrected chi connectivity index (χ1v) is 9.48. The number of carbonyl (C=O) groups excluding carboxylic acids is 2. The minimum atomic E-state index is -0.188. The van der Waals surface area contributed by atoms with Crippen molar-refractivity contribution in [3.05, 3.63) is 40.4 Å². The van der Waals surface area contributed by atoms with Gasteiger partial charge in [0.1, 0.15) is 12.4 Å². The van der Waals surface area contributed by atoms with Gasteiger partial charge in [-0.05, 0) is 31.9 Å². The Kier molecular flexibility index (Phi) is 5.88. The molecular weight excluding hydrogens is 346 g/mol. The van der Waals surface area contributed by atoms with Crippen LogP contribution in [0.3, 0.4) is 0 Å². The largest absolute Gasteiger partial charge is 0.466 e. The van der Waals surface area contributed by atoms with Gasteiger partial charge in [0.2, 0.25) is 5.91 Å². The number of hydrogen-bond donors (Lipinski definition) is 0. The van der Waals surface area contributed by atoms with Crippen molar-refractivity contribution >= 4 is 22.8 Å². The fraction of sp³-hybridized carbons (Fsp3) is 0.500. The van der Waals surface area contributed by atoms with E-state index < -0.39 is 0 Å². The number of fused-ring (bicyclic) bond motifs is 1. The monoisotopic (exact) mass is 371 g/mol. The number of aryl methyl sites for hydroxylation is 1. The summed E-state index contributed by atoms with van der Waals surface area (Å²) in [5.41, 5.74) is 0.463. The molecule has 0 spiro atoms. The molecule has 1 aliphatic heterocycles. The van der Waals surface area contributed by atoms with E-state index in [-0.39, 0.29) is 29.9 Å². The highest BCUT2D eigenvalue weighted by Gasteiger charge is 2.28. The summed E-state index contributed by atoms with van der Waals surface area (Å²) in [5, 5.41) is 0.517. The number of carbonyl (C=O) groups is 2. The van der Waals surface area contributed by atoms with Crippen molar-refractivity contribution in [2.24, 2.45) is 5.92 Å². The van der Waals surface area contributed by atoms with Crippen LogP contribution in [0.4, 0.5) is 0 Å². The Morgan fingerprint density at radius 1 is 1.19 bits per heavy atom. The molecule has 27 heavy (non-hydrogen) atoms. The van der Waals surface area contributed by atoms with Crippen molar-refractivity contribution < 1.29 is 14.3 Å². The first-order valence-electron chi connectivity index (χ1n) is 9.48. The van der Waals surface area contributed by atoms with E-state index in [2.05, 4.69) is 4.98 Å². The lowest BCUT2D eigenvalue weighted by Gasteiger charge is -2.31. The van der Waals surface area contributed by atoms with Crippen molar-refractivity contribution in [1.29, 1.82) is 0 Å². The number of likely N-dealkylation sites (tertiary alicyclic amines) is 1. The van der Waals surface area contributed by atoms with E-state index in [1.54, 1.807) is 24.0 Å². The maximum Gasteiger partial charge on any atom is 0.309 e. The molecule has 1 saturated heterocycles. The zero-order valence-electron chi connectivity index (χ0n) is 15.8. The molecule has 1 aromatic heterocycles. The van der Waals surface area contributed by atoms with Crippen LogP contribution in [0, 0.1) is 5.92 Å². The van der Waals surface area contributed by atoms with Gasteiger partial charge in [-0.2, -0.15) is 0 Å². The number of esters is 1. The minimum Gasteiger partial charge on any atom is -0.466 e. The SMILES string of the molecule is CCOC(=O)C1CCN(C(=O)Cn2c(CC)nc3ccccc3c2=O)CC1. The number of ether oxygens (including phenoxy) is 1. The van der Waals surface area contributed by atoms with Crippen LogP contribution >= 0.6 is 0 Å². The second-order valence-electron chi connectivity index (χ2n) is 6.70. The molecule has 0 N–H and O–H groups in total. The maximum atomic E-state index is 12.8. The highest BCUT2D eigenvalue weighted by Crippen LogP contribution is 2.19. The predicted octanol–water partition coefficient (Wildman–Crippen LogP) is 1.76.